The molecule has 1 saturated carbocycles. The van der Waals surface area contributed by atoms with Crippen LogP contribution >= 0.6 is 11.3 Å². The molecule has 1 fully saturated rings. The van der Waals surface area contributed by atoms with Crippen molar-refractivity contribution in [2.24, 2.45) is 11.8 Å². The van der Waals surface area contributed by atoms with Crippen molar-refractivity contribution in [2.75, 3.05) is 0 Å². The number of rotatable bonds is 5. The molecule has 2 rings (SSSR count). The lowest BCUT2D eigenvalue weighted by molar-refractivity contribution is 0.0620. The molecular weight excluding hydrogens is 228 g/mol. The quantitative estimate of drug-likeness (QED) is 0.830. The van der Waals surface area contributed by atoms with Gasteiger partial charge in [-0.05, 0) is 49.0 Å². The van der Waals surface area contributed by atoms with Gasteiger partial charge in [0, 0.05) is 4.88 Å². The predicted molar refractivity (Wildman–Crippen MR) is 74.4 cm³/mol. The number of hydrogen-bond donors (Lipinski definition) is 1. The molecular formula is C15H24OS. The Morgan fingerprint density at radius 3 is 3.06 bits per heavy atom. The molecule has 3 atom stereocenters. The topological polar surface area (TPSA) is 20.2 Å². The van der Waals surface area contributed by atoms with Crippen LogP contribution in [0.5, 0.6) is 0 Å². The van der Waals surface area contributed by atoms with Gasteiger partial charge in [-0.3, -0.25) is 0 Å². The van der Waals surface area contributed by atoms with Crippen molar-refractivity contribution < 1.29 is 5.11 Å². The van der Waals surface area contributed by atoms with Crippen LogP contribution in [-0.2, 0) is 6.42 Å². The Morgan fingerprint density at radius 1 is 1.47 bits per heavy atom. The van der Waals surface area contributed by atoms with E-state index in [4.69, 9.17) is 0 Å². The Bertz CT molecular complexity index is 307. The van der Waals surface area contributed by atoms with Crippen molar-refractivity contribution in [3.05, 3.63) is 22.4 Å². The highest BCUT2D eigenvalue weighted by Crippen LogP contribution is 2.34. The summed E-state index contributed by atoms with van der Waals surface area (Å²) in [4.78, 5) is 1.41. The van der Waals surface area contributed by atoms with Crippen LogP contribution in [0.4, 0.5) is 0 Å². The number of aliphatic hydroxyl groups excluding tert-OH is 1. The van der Waals surface area contributed by atoms with E-state index in [0.717, 1.165) is 18.8 Å². The third-order valence-corrected chi connectivity index (χ3v) is 5.15. The molecule has 1 aliphatic carbocycles. The number of hydrogen-bond acceptors (Lipinski definition) is 2. The van der Waals surface area contributed by atoms with Gasteiger partial charge >= 0.3 is 0 Å². The molecule has 0 aromatic carbocycles. The minimum absolute atomic E-state index is 0.0774. The van der Waals surface area contributed by atoms with Crippen LogP contribution in [0.1, 0.15) is 50.3 Å². The summed E-state index contributed by atoms with van der Waals surface area (Å²) in [5.74, 6) is 1.43. The first-order valence-corrected chi connectivity index (χ1v) is 7.88. The van der Waals surface area contributed by atoms with E-state index in [9.17, 15) is 5.11 Å². The second-order valence-electron chi connectivity index (χ2n) is 5.39. The van der Waals surface area contributed by atoms with E-state index in [1.54, 1.807) is 11.3 Å². The molecule has 1 N–H and O–H groups in total. The predicted octanol–water partition coefficient (Wildman–Crippen LogP) is 4.26. The second-order valence-corrected chi connectivity index (χ2v) is 6.42. The van der Waals surface area contributed by atoms with Crippen LogP contribution < -0.4 is 0 Å². The zero-order valence-electron chi connectivity index (χ0n) is 10.8. The van der Waals surface area contributed by atoms with E-state index in [1.165, 1.54) is 37.0 Å². The third-order valence-electron chi connectivity index (χ3n) is 4.21. The fourth-order valence-corrected chi connectivity index (χ4v) is 3.76. The van der Waals surface area contributed by atoms with Gasteiger partial charge < -0.3 is 5.11 Å². The first-order valence-electron chi connectivity index (χ1n) is 7.00. The van der Waals surface area contributed by atoms with E-state index in [2.05, 4.69) is 24.4 Å². The van der Waals surface area contributed by atoms with E-state index in [1.807, 2.05) is 0 Å². The lowest BCUT2D eigenvalue weighted by Crippen LogP contribution is -2.27. The number of thiophene rings is 1. The fraction of sp³-hybridized carbons (Fsp3) is 0.733. The standard InChI is InChI=1S/C15H24OS/c1-2-12-5-3-6-13(11-12)15(16)9-8-14-7-4-10-17-14/h4,7,10,12-13,15-16H,2-3,5-6,8-9,11H2,1H3. The van der Waals surface area contributed by atoms with Crippen molar-refractivity contribution in [1.82, 2.24) is 0 Å². The molecule has 1 heterocycles. The van der Waals surface area contributed by atoms with Gasteiger partial charge in [-0.25, -0.2) is 0 Å². The van der Waals surface area contributed by atoms with Crippen LogP contribution in [0.25, 0.3) is 0 Å². The molecule has 0 amide bonds. The molecule has 1 aromatic heterocycles. The number of aliphatic hydroxyl groups is 1. The van der Waals surface area contributed by atoms with Gasteiger partial charge in [-0.15, -0.1) is 11.3 Å². The molecule has 0 saturated heterocycles. The molecule has 17 heavy (non-hydrogen) atoms. The van der Waals surface area contributed by atoms with Crippen molar-refractivity contribution in [1.29, 1.82) is 0 Å². The normalized spacial score (nSPS) is 26.9. The molecule has 0 aliphatic heterocycles. The molecule has 1 nitrogen and oxygen atoms in total. The monoisotopic (exact) mass is 252 g/mol. The Morgan fingerprint density at radius 2 is 2.35 bits per heavy atom. The highest BCUT2D eigenvalue weighted by molar-refractivity contribution is 7.09. The molecule has 1 aliphatic rings. The molecule has 1 aromatic rings. The first kappa shape index (κ1) is 13.1. The molecule has 0 spiro atoms. The maximum absolute atomic E-state index is 10.3. The smallest absolute Gasteiger partial charge is 0.0572 e. The lowest BCUT2D eigenvalue weighted by Gasteiger charge is -2.31. The van der Waals surface area contributed by atoms with Gasteiger partial charge in [0.2, 0.25) is 0 Å². The Kier molecular flexibility index (Phi) is 5.05. The van der Waals surface area contributed by atoms with Gasteiger partial charge in [0.15, 0.2) is 0 Å². The van der Waals surface area contributed by atoms with E-state index < -0.39 is 0 Å². The molecule has 0 bridgehead atoms. The number of aryl methyl sites for hydroxylation is 1. The van der Waals surface area contributed by atoms with Gasteiger partial charge in [0.05, 0.1) is 6.10 Å². The summed E-state index contributed by atoms with van der Waals surface area (Å²) in [7, 11) is 0. The van der Waals surface area contributed by atoms with Crippen LogP contribution in [0.15, 0.2) is 17.5 Å². The largest absolute Gasteiger partial charge is 0.393 e. The fourth-order valence-electron chi connectivity index (χ4n) is 3.03. The summed E-state index contributed by atoms with van der Waals surface area (Å²) in [6.07, 6.45) is 8.39. The zero-order valence-corrected chi connectivity index (χ0v) is 11.6. The van der Waals surface area contributed by atoms with Gasteiger partial charge in [-0.2, -0.15) is 0 Å². The van der Waals surface area contributed by atoms with Crippen molar-refractivity contribution >= 4 is 11.3 Å². The average molecular weight is 252 g/mol. The zero-order chi connectivity index (χ0) is 12.1. The highest BCUT2D eigenvalue weighted by atomic mass is 32.1. The van der Waals surface area contributed by atoms with Gasteiger partial charge in [0.25, 0.3) is 0 Å². The molecule has 3 unspecified atom stereocenters. The van der Waals surface area contributed by atoms with Crippen LogP contribution in [-0.4, -0.2) is 11.2 Å². The summed E-state index contributed by atoms with van der Waals surface area (Å²) in [5, 5.41) is 12.4. The molecule has 0 radical (unpaired) electrons. The summed E-state index contributed by atoms with van der Waals surface area (Å²) >= 11 is 1.81. The first-order chi connectivity index (χ1) is 8.29. The lowest BCUT2D eigenvalue weighted by atomic mass is 9.77. The summed E-state index contributed by atoms with van der Waals surface area (Å²) in [6, 6.07) is 4.27. The van der Waals surface area contributed by atoms with Gasteiger partial charge in [-0.1, -0.05) is 32.3 Å². The van der Waals surface area contributed by atoms with Crippen LogP contribution in [0, 0.1) is 11.8 Å². The van der Waals surface area contributed by atoms with Crippen molar-refractivity contribution in [2.45, 2.75) is 58.0 Å². The van der Waals surface area contributed by atoms with Crippen LogP contribution in [0.2, 0.25) is 0 Å². The maximum Gasteiger partial charge on any atom is 0.0572 e. The Labute approximate surface area is 109 Å². The summed E-state index contributed by atoms with van der Waals surface area (Å²) < 4.78 is 0. The van der Waals surface area contributed by atoms with Crippen LogP contribution in [0.3, 0.4) is 0 Å². The van der Waals surface area contributed by atoms with Crippen molar-refractivity contribution in [3.63, 3.8) is 0 Å². The van der Waals surface area contributed by atoms with E-state index >= 15 is 0 Å². The minimum Gasteiger partial charge on any atom is -0.393 e. The van der Waals surface area contributed by atoms with E-state index in [0.29, 0.717) is 5.92 Å². The SMILES string of the molecule is CCC1CCCC(C(O)CCc2cccs2)C1. The van der Waals surface area contributed by atoms with Gasteiger partial charge in [0.1, 0.15) is 0 Å². The van der Waals surface area contributed by atoms with Crippen molar-refractivity contribution in [3.8, 4) is 0 Å². The molecule has 2 heteroatoms. The second kappa shape index (κ2) is 6.55. The minimum atomic E-state index is -0.0774. The Hall–Kier alpha value is -0.340. The third kappa shape index (κ3) is 3.82. The Balaban J connectivity index is 1.76. The maximum atomic E-state index is 10.3. The average Bonchev–Trinajstić information content (AvgIpc) is 2.89. The summed E-state index contributed by atoms with van der Waals surface area (Å²) in [6.45, 7) is 2.28. The van der Waals surface area contributed by atoms with E-state index in [-0.39, 0.29) is 6.10 Å². The molecule has 96 valence electrons. The highest BCUT2D eigenvalue weighted by Gasteiger charge is 2.26. The summed E-state index contributed by atoms with van der Waals surface area (Å²) in [5.41, 5.74) is 0.